The van der Waals surface area contributed by atoms with Crippen LogP contribution in [0.15, 0.2) is 24.3 Å². The van der Waals surface area contributed by atoms with Gasteiger partial charge in [-0.25, -0.2) is 4.39 Å². The smallest absolute Gasteiger partial charge is 0.233 e. The van der Waals surface area contributed by atoms with Crippen LogP contribution in [0.1, 0.15) is 43.7 Å². The zero-order valence-corrected chi connectivity index (χ0v) is 14.3. The third-order valence-electron chi connectivity index (χ3n) is 5.13. The Bertz CT molecular complexity index is 732. The molecule has 1 aliphatic heterocycles. The average Bonchev–Trinajstić information content (AvgIpc) is 2.90. The number of hydrogen-bond donors (Lipinski definition) is 1. The van der Waals surface area contributed by atoms with E-state index in [1.807, 2.05) is 6.07 Å². The van der Waals surface area contributed by atoms with Crippen molar-refractivity contribution in [1.29, 1.82) is 5.26 Å². The summed E-state index contributed by atoms with van der Waals surface area (Å²) in [5, 5.41) is 11.8. The van der Waals surface area contributed by atoms with Gasteiger partial charge in [0.2, 0.25) is 17.7 Å². The number of benzene rings is 1. The van der Waals surface area contributed by atoms with E-state index in [4.69, 9.17) is 0 Å². The lowest BCUT2D eigenvalue weighted by Gasteiger charge is -2.19. The zero-order chi connectivity index (χ0) is 18.7. The van der Waals surface area contributed by atoms with Gasteiger partial charge in [-0.2, -0.15) is 5.26 Å². The lowest BCUT2D eigenvalue weighted by atomic mass is 9.81. The predicted molar refractivity (Wildman–Crippen MR) is 89.7 cm³/mol. The van der Waals surface area contributed by atoms with Crippen LogP contribution in [0.25, 0.3) is 0 Å². The maximum atomic E-state index is 13.0. The molecule has 1 N–H and O–H groups in total. The third kappa shape index (κ3) is 3.59. The molecule has 1 aliphatic carbocycles. The summed E-state index contributed by atoms with van der Waals surface area (Å²) < 4.78 is 13.0. The highest BCUT2D eigenvalue weighted by molar-refractivity contribution is 6.05. The maximum Gasteiger partial charge on any atom is 0.233 e. The number of amides is 3. The highest BCUT2D eigenvalue weighted by Crippen LogP contribution is 2.37. The number of hydrogen-bond acceptors (Lipinski definition) is 4. The van der Waals surface area contributed by atoms with Gasteiger partial charge in [0.25, 0.3) is 0 Å². The molecular formula is C19H20FN3O3. The van der Waals surface area contributed by atoms with E-state index in [2.05, 4.69) is 5.32 Å². The van der Waals surface area contributed by atoms with Crippen LogP contribution in [-0.2, 0) is 14.4 Å². The number of imide groups is 1. The molecule has 0 spiro atoms. The second-order valence-electron chi connectivity index (χ2n) is 6.76. The van der Waals surface area contributed by atoms with Crippen molar-refractivity contribution in [1.82, 2.24) is 10.2 Å². The van der Waals surface area contributed by atoms with E-state index in [1.165, 1.54) is 29.2 Å². The van der Waals surface area contributed by atoms with E-state index in [0.717, 1.165) is 25.7 Å². The minimum absolute atomic E-state index is 0.0259. The van der Waals surface area contributed by atoms with E-state index in [0.29, 0.717) is 5.56 Å². The lowest BCUT2D eigenvalue weighted by molar-refractivity contribution is -0.140. The Morgan fingerprint density at radius 2 is 1.77 bits per heavy atom. The van der Waals surface area contributed by atoms with E-state index >= 15 is 0 Å². The third-order valence-corrected chi connectivity index (χ3v) is 5.13. The minimum atomic E-state index is -0.907. The van der Waals surface area contributed by atoms with Crippen LogP contribution in [0, 0.1) is 29.0 Å². The first-order valence-electron chi connectivity index (χ1n) is 8.81. The quantitative estimate of drug-likeness (QED) is 0.817. The molecule has 0 radical (unpaired) electrons. The summed E-state index contributed by atoms with van der Waals surface area (Å²) in [6.07, 6.45) is 3.32. The van der Waals surface area contributed by atoms with Crippen LogP contribution in [-0.4, -0.2) is 29.2 Å². The molecule has 136 valence electrons. The van der Waals surface area contributed by atoms with Gasteiger partial charge in [-0.05, 0) is 30.5 Å². The average molecular weight is 357 g/mol. The Labute approximate surface area is 151 Å². The largest absolute Gasteiger partial charge is 0.337 e. The van der Waals surface area contributed by atoms with Gasteiger partial charge in [0.15, 0.2) is 0 Å². The van der Waals surface area contributed by atoms with Crippen molar-refractivity contribution < 1.29 is 18.8 Å². The first-order chi connectivity index (χ1) is 12.5. The van der Waals surface area contributed by atoms with Gasteiger partial charge in [-0.1, -0.05) is 25.0 Å². The molecule has 3 rings (SSSR count). The summed E-state index contributed by atoms with van der Waals surface area (Å²) in [5.74, 6) is -1.68. The van der Waals surface area contributed by atoms with Gasteiger partial charge in [0.05, 0.1) is 17.9 Å². The molecule has 1 saturated heterocycles. The lowest BCUT2D eigenvalue weighted by Crippen LogP contribution is -2.36. The summed E-state index contributed by atoms with van der Waals surface area (Å²) in [5.41, 5.74) is 0.474. The fourth-order valence-electron chi connectivity index (χ4n) is 3.74. The number of likely N-dealkylation sites (tertiary alicyclic amines) is 1. The summed E-state index contributed by atoms with van der Waals surface area (Å²) in [7, 11) is 0. The van der Waals surface area contributed by atoms with Gasteiger partial charge >= 0.3 is 0 Å². The SMILES string of the molecule is N#C[C@@H](NC(=O)CCN1C(=O)[C@H]2CCCC[C@H]2C1=O)c1ccc(F)cc1. The van der Waals surface area contributed by atoms with Crippen molar-refractivity contribution in [2.45, 2.75) is 38.1 Å². The predicted octanol–water partition coefficient (Wildman–Crippen LogP) is 2.07. The number of rotatable bonds is 5. The number of nitriles is 1. The molecular weight excluding hydrogens is 337 g/mol. The molecule has 1 aromatic rings. The normalized spacial score (nSPS) is 23.3. The van der Waals surface area contributed by atoms with Crippen molar-refractivity contribution in [2.75, 3.05) is 6.54 Å². The van der Waals surface area contributed by atoms with E-state index in [-0.39, 0.29) is 36.6 Å². The van der Waals surface area contributed by atoms with Crippen LogP contribution in [0.4, 0.5) is 4.39 Å². The summed E-state index contributed by atoms with van der Waals surface area (Å²) in [6.45, 7) is 0.0259. The molecule has 0 bridgehead atoms. The number of carbonyl (C=O) groups is 3. The standard InChI is InChI=1S/C19H20FN3O3/c20-13-7-5-12(6-8-13)16(11-21)22-17(24)9-10-23-18(25)14-3-1-2-4-15(14)19(23)26/h5-8,14-16H,1-4,9-10H2,(H,22,24)/t14-,15+,16-/m1/s1. The Kier molecular flexibility index (Phi) is 5.31. The molecule has 0 unspecified atom stereocenters. The monoisotopic (exact) mass is 357 g/mol. The number of fused-ring (bicyclic) bond motifs is 1. The summed E-state index contributed by atoms with van der Waals surface area (Å²) in [4.78, 5) is 38.1. The fourth-order valence-corrected chi connectivity index (χ4v) is 3.74. The van der Waals surface area contributed by atoms with Crippen LogP contribution in [0.2, 0.25) is 0 Å². The molecule has 6 nitrogen and oxygen atoms in total. The van der Waals surface area contributed by atoms with Crippen molar-refractivity contribution >= 4 is 17.7 Å². The second-order valence-corrected chi connectivity index (χ2v) is 6.76. The first-order valence-corrected chi connectivity index (χ1v) is 8.81. The van der Waals surface area contributed by atoms with Crippen LogP contribution in [0.5, 0.6) is 0 Å². The van der Waals surface area contributed by atoms with Crippen molar-refractivity contribution in [2.24, 2.45) is 11.8 Å². The minimum Gasteiger partial charge on any atom is -0.337 e. The molecule has 1 heterocycles. The number of carbonyl (C=O) groups excluding carboxylic acids is 3. The summed E-state index contributed by atoms with van der Waals surface area (Å²) in [6, 6.07) is 6.35. The van der Waals surface area contributed by atoms with Gasteiger partial charge in [-0.3, -0.25) is 19.3 Å². The Morgan fingerprint density at radius 3 is 2.31 bits per heavy atom. The highest BCUT2D eigenvalue weighted by atomic mass is 19.1. The Morgan fingerprint density at radius 1 is 1.19 bits per heavy atom. The van der Waals surface area contributed by atoms with Gasteiger partial charge in [0, 0.05) is 13.0 Å². The number of nitrogens with one attached hydrogen (secondary N) is 1. The molecule has 2 fully saturated rings. The molecule has 1 aromatic carbocycles. The van der Waals surface area contributed by atoms with Crippen LogP contribution >= 0.6 is 0 Å². The van der Waals surface area contributed by atoms with Gasteiger partial charge < -0.3 is 5.32 Å². The maximum absolute atomic E-state index is 13.0. The Balaban J connectivity index is 1.56. The molecule has 2 aliphatic rings. The summed E-state index contributed by atoms with van der Waals surface area (Å²) >= 11 is 0. The number of halogens is 1. The van der Waals surface area contributed by atoms with Crippen LogP contribution < -0.4 is 5.32 Å². The molecule has 1 saturated carbocycles. The number of nitrogens with zero attached hydrogens (tertiary/aromatic N) is 2. The molecule has 3 atom stereocenters. The molecule has 3 amide bonds. The van der Waals surface area contributed by atoms with E-state index in [1.54, 1.807) is 0 Å². The molecule has 0 aromatic heterocycles. The van der Waals surface area contributed by atoms with E-state index < -0.39 is 17.8 Å². The van der Waals surface area contributed by atoms with Crippen molar-refractivity contribution in [3.8, 4) is 6.07 Å². The van der Waals surface area contributed by atoms with Crippen molar-refractivity contribution in [3.05, 3.63) is 35.6 Å². The second kappa shape index (κ2) is 7.65. The van der Waals surface area contributed by atoms with Gasteiger partial charge in [-0.15, -0.1) is 0 Å². The molecule has 7 heteroatoms. The topological polar surface area (TPSA) is 90.3 Å². The Hall–Kier alpha value is -2.75. The molecule has 26 heavy (non-hydrogen) atoms. The highest BCUT2D eigenvalue weighted by Gasteiger charge is 2.47. The zero-order valence-electron chi connectivity index (χ0n) is 14.3. The van der Waals surface area contributed by atoms with Crippen molar-refractivity contribution in [3.63, 3.8) is 0 Å². The van der Waals surface area contributed by atoms with Crippen LogP contribution in [0.3, 0.4) is 0 Å². The van der Waals surface area contributed by atoms with Gasteiger partial charge in [0.1, 0.15) is 11.9 Å². The first kappa shape index (κ1) is 18.1. The van der Waals surface area contributed by atoms with E-state index in [9.17, 15) is 24.0 Å². The fraction of sp³-hybridized carbons (Fsp3) is 0.474.